The van der Waals surface area contributed by atoms with Gasteiger partial charge in [-0.15, -0.1) is 0 Å². The number of amides is 1. The third-order valence-electron chi connectivity index (χ3n) is 4.26. The normalized spacial score (nSPS) is 10.5. The van der Waals surface area contributed by atoms with Crippen molar-refractivity contribution in [3.05, 3.63) is 88.9 Å². The second-order valence-electron chi connectivity index (χ2n) is 5.93. The molecule has 3 aromatic carbocycles. The number of nitrogens with one attached hydrogen (secondary N) is 1. The fourth-order valence-corrected chi connectivity index (χ4v) is 3.18. The zero-order valence-corrected chi connectivity index (χ0v) is 15.9. The Morgan fingerprint density at radius 1 is 0.852 bits per heavy atom. The first kappa shape index (κ1) is 18.8. The molecule has 0 spiro atoms. The molecule has 0 saturated carbocycles. The summed E-state index contributed by atoms with van der Waals surface area (Å²) in [5.74, 6) is 0.298. The minimum atomic E-state index is -0.459. The molecule has 0 bridgehead atoms. The van der Waals surface area contributed by atoms with E-state index in [1.54, 1.807) is 12.1 Å². The van der Waals surface area contributed by atoms with Crippen molar-refractivity contribution in [3.63, 3.8) is 0 Å². The molecule has 27 heavy (non-hydrogen) atoms. The Morgan fingerprint density at radius 3 is 1.85 bits per heavy atom. The van der Waals surface area contributed by atoms with Crippen molar-refractivity contribution in [2.24, 2.45) is 0 Å². The van der Waals surface area contributed by atoms with Crippen molar-refractivity contribution in [1.29, 1.82) is 0 Å². The van der Waals surface area contributed by atoms with Crippen molar-refractivity contribution in [2.45, 2.75) is 5.92 Å². The molecule has 5 heteroatoms. The Kier molecular flexibility index (Phi) is 5.99. The van der Waals surface area contributed by atoms with E-state index in [1.165, 1.54) is 14.2 Å². The van der Waals surface area contributed by atoms with Crippen molar-refractivity contribution < 1.29 is 14.3 Å². The minimum Gasteiger partial charge on any atom is -0.495 e. The van der Waals surface area contributed by atoms with Crippen LogP contribution in [0.5, 0.6) is 11.5 Å². The van der Waals surface area contributed by atoms with E-state index in [0.717, 1.165) is 11.1 Å². The monoisotopic (exact) mass is 381 g/mol. The Hall–Kier alpha value is -2.98. The first-order valence-electron chi connectivity index (χ1n) is 8.46. The van der Waals surface area contributed by atoms with Gasteiger partial charge in [-0.25, -0.2) is 0 Å². The summed E-state index contributed by atoms with van der Waals surface area (Å²) in [6.45, 7) is 0. The molecule has 0 fully saturated rings. The highest BCUT2D eigenvalue weighted by Gasteiger charge is 2.24. The Bertz CT molecular complexity index is 874. The number of anilines is 1. The van der Waals surface area contributed by atoms with Crippen LogP contribution in [0.3, 0.4) is 0 Å². The van der Waals surface area contributed by atoms with Gasteiger partial charge >= 0.3 is 0 Å². The van der Waals surface area contributed by atoms with Crippen LogP contribution < -0.4 is 14.8 Å². The first-order valence-corrected chi connectivity index (χ1v) is 8.84. The molecule has 0 radical (unpaired) electrons. The topological polar surface area (TPSA) is 47.6 Å². The number of carbonyl (C=O) groups excluding carboxylic acids is 1. The lowest BCUT2D eigenvalue weighted by molar-refractivity contribution is -0.116. The number of methoxy groups -OCH3 is 2. The summed E-state index contributed by atoms with van der Waals surface area (Å²) in [4.78, 5) is 13.2. The van der Waals surface area contributed by atoms with Crippen LogP contribution >= 0.6 is 11.6 Å². The van der Waals surface area contributed by atoms with E-state index in [1.807, 2.05) is 60.7 Å². The van der Waals surface area contributed by atoms with Crippen molar-refractivity contribution >= 4 is 23.2 Å². The smallest absolute Gasteiger partial charge is 0.236 e. The third kappa shape index (κ3) is 4.23. The quantitative estimate of drug-likeness (QED) is 0.644. The molecule has 4 nitrogen and oxygen atoms in total. The minimum absolute atomic E-state index is 0.171. The molecule has 1 N–H and O–H groups in total. The van der Waals surface area contributed by atoms with Gasteiger partial charge in [0.25, 0.3) is 0 Å². The molecule has 1 amide bonds. The van der Waals surface area contributed by atoms with E-state index in [2.05, 4.69) is 5.32 Å². The summed E-state index contributed by atoms with van der Waals surface area (Å²) in [5, 5.41) is 3.37. The van der Waals surface area contributed by atoms with E-state index in [-0.39, 0.29) is 5.91 Å². The number of benzene rings is 3. The van der Waals surface area contributed by atoms with Crippen LogP contribution in [0, 0.1) is 0 Å². The molecule has 0 saturated heterocycles. The van der Waals surface area contributed by atoms with Gasteiger partial charge in [0.15, 0.2) is 0 Å². The lowest BCUT2D eigenvalue weighted by Gasteiger charge is -2.19. The summed E-state index contributed by atoms with van der Waals surface area (Å²) in [6, 6.07) is 22.6. The zero-order chi connectivity index (χ0) is 19.2. The van der Waals surface area contributed by atoms with E-state index >= 15 is 0 Å². The van der Waals surface area contributed by atoms with Crippen LogP contribution in [0.4, 0.5) is 5.69 Å². The Labute approximate surface area is 163 Å². The largest absolute Gasteiger partial charge is 0.495 e. The fraction of sp³-hybridized carbons (Fsp3) is 0.136. The molecular weight excluding hydrogens is 362 g/mol. The first-order chi connectivity index (χ1) is 13.1. The van der Waals surface area contributed by atoms with E-state index in [0.29, 0.717) is 22.2 Å². The second kappa shape index (κ2) is 8.60. The average molecular weight is 382 g/mol. The van der Waals surface area contributed by atoms with Crippen LogP contribution in [0.25, 0.3) is 0 Å². The summed E-state index contributed by atoms with van der Waals surface area (Å²) >= 11 is 6.15. The Morgan fingerprint density at radius 2 is 1.37 bits per heavy atom. The van der Waals surface area contributed by atoms with Crippen LogP contribution in [0.2, 0.25) is 5.02 Å². The van der Waals surface area contributed by atoms with E-state index in [9.17, 15) is 4.79 Å². The molecule has 0 aliphatic rings. The maximum atomic E-state index is 13.2. The predicted octanol–water partition coefficient (Wildman–Crippen LogP) is 5.13. The molecule has 0 unspecified atom stereocenters. The van der Waals surface area contributed by atoms with Gasteiger partial charge in [0, 0.05) is 12.1 Å². The van der Waals surface area contributed by atoms with Crippen molar-refractivity contribution in [2.75, 3.05) is 19.5 Å². The summed E-state index contributed by atoms with van der Waals surface area (Å²) in [7, 11) is 3.05. The third-order valence-corrected chi connectivity index (χ3v) is 4.56. The highest BCUT2D eigenvalue weighted by molar-refractivity contribution is 6.32. The van der Waals surface area contributed by atoms with Gasteiger partial charge in [-0.1, -0.05) is 72.3 Å². The number of rotatable bonds is 6. The van der Waals surface area contributed by atoms with Gasteiger partial charge < -0.3 is 14.8 Å². The summed E-state index contributed by atoms with van der Waals surface area (Å²) in [6.07, 6.45) is 0. The number of ether oxygens (including phenoxy) is 2. The zero-order valence-electron chi connectivity index (χ0n) is 15.1. The summed E-state index contributed by atoms with van der Waals surface area (Å²) in [5.41, 5.74) is 2.31. The van der Waals surface area contributed by atoms with Gasteiger partial charge in [0.05, 0.1) is 30.8 Å². The van der Waals surface area contributed by atoms with Crippen LogP contribution in [0.15, 0.2) is 72.8 Å². The molecule has 3 rings (SSSR count). The molecule has 0 atom stereocenters. The van der Waals surface area contributed by atoms with E-state index in [4.69, 9.17) is 21.1 Å². The van der Waals surface area contributed by atoms with Crippen LogP contribution in [0.1, 0.15) is 17.0 Å². The summed E-state index contributed by atoms with van der Waals surface area (Å²) < 4.78 is 10.6. The lowest BCUT2D eigenvalue weighted by atomic mass is 9.90. The number of hydrogen-bond acceptors (Lipinski definition) is 3. The van der Waals surface area contributed by atoms with Crippen LogP contribution in [-0.2, 0) is 4.79 Å². The maximum absolute atomic E-state index is 13.2. The van der Waals surface area contributed by atoms with Crippen molar-refractivity contribution in [1.82, 2.24) is 0 Å². The molecule has 0 aromatic heterocycles. The Balaban J connectivity index is 1.99. The standard InChI is InChI=1S/C22H20ClNO3/c1-26-19-14-18(20(27-2)13-17(19)23)24-22(25)21(15-9-5-3-6-10-15)16-11-7-4-8-12-16/h3-14,21H,1-2H3,(H,24,25). The SMILES string of the molecule is COc1cc(NC(=O)C(c2ccccc2)c2ccccc2)c(OC)cc1Cl. The number of carbonyl (C=O) groups is 1. The fourth-order valence-electron chi connectivity index (χ4n) is 2.95. The lowest BCUT2D eigenvalue weighted by Crippen LogP contribution is -2.22. The highest BCUT2D eigenvalue weighted by Crippen LogP contribution is 2.37. The van der Waals surface area contributed by atoms with Gasteiger partial charge in [-0.2, -0.15) is 0 Å². The molecular formula is C22H20ClNO3. The molecule has 3 aromatic rings. The van der Waals surface area contributed by atoms with E-state index < -0.39 is 5.92 Å². The average Bonchev–Trinajstić information content (AvgIpc) is 2.70. The molecule has 138 valence electrons. The maximum Gasteiger partial charge on any atom is 0.236 e. The van der Waals surface area contributed by atoms with Gasteiger partial charge in [-0.3, -0.25) is 4.79 Å². The van der Waals surface area contributed by atoms with Crippen LogP contribution in [-0.4, -0.2) is 20.1 Å². The molecule has 0 heterocycles. The molecule has 0 aliphatic heterocycles. The van der Waals surface area contributed by atoms with Gasteiger partial charge in [0.2, 0.25) is 5.91 Å². The number of hydrogen-bond donors (Lipinski definition) is 1. The van der Waals surface area contributed by atoms with Crippen molar-refractivity contribution in [3.8, 4) is 11.5 Å². The number of halogens is 1. The second-order valence-corrected chi connectivity index (χ2v) is 6.34. The predicted molar refractivity (Wildman–Crippen MR) is 108 cm³/mol. The van der Waals surface area contributed by atoms with Gasteiger partial charge in [0.1, 0.15) is 11.5 Å². The highest BCUT2D eigenvalue weighted by atomic mass is 35.5. The molecule has 0 aliphatic carbocycles. The van der Waals surface area contributed by atoms with Gasteiger partial charge in [-0.05, 0) is 11.1 Å².